The Hall–Kier alpha value is -2.09. The van der Waals surface area contributed by atoms with Gasteiger partial charge in [-0.2, -0.15) is 0 Å². The number of amides is 1. The van der Waals surface area contributed by atoms with Crippen LogP contribution >= 0.6 is 11.6 Å². The Morgan fingerprint density at radius 2 is 1.82 bits per heavy atom. The van der Waals surface area contributed by atoms with Crippen molar-refractivity contribution >= 4 is 33.2 Å². The average Bonchev–Trinajstić information content (AvgIpc) is 2.46. The Kier molecular flexibility index (Phi) is 4.70. The van der Waals surface area contributed by atoms with Crippen LogP contribution in [-0.4, -0.2) is 21.4 Å². The summed E-state index contributed by atoms with van der Waals surface area (Å²) in [5.41, 5.74) is 0.795. The van der Waals surface area contributed by atoms with E-state index in [2.05, 4.69) is 5.32 Å². The number of sulfonamides is 1. The molecule has 1 amide bonds. The highest BCUT2D eigenvalue weighted by atomic mass is 35.5. The fraction of sp³-hybridized carbons (Fsp3) is 0.0714. The van der Waals surface area contributed by atoms with Crippen LogP contribution < -0.4 is 15.2 Å². The van der Waals surface area contributed by atoms with Gasteiger partial charge >= 0.3 is 0 Å². The minimum atomic E-state index is -3.90. The lowest BCUT2D eigenvalue weighted by atomic mass is 10.2. The van der Waals surface area contributed by atoms with E-state index in [0.29, 0.717) is 16.3 Å². The third kappa shape index (κ3) is 3.76. The number of nitrogens with two attached hydrogens (primary N) is 1. The number of carbonyl (C=O) groups is 1. The number of ether oxygens (including phenoxy) is 1. The molecule has 0 radical (unpaired) electrons. The van der Waals surface area contributed by atoms with Crippen LogP contribution in [0, 0.1) is 0 Å². The third-order valence-corrected chi connectivity index (χ3v) is 4.04. The first-order valence-electron chi connectivity index (χ1n) is 6.09. The van der Waals surface area contributed by atoms with Gasteiger partial charge in [-0.3, -0.25) is 4.79 Å². The van der Waals surface area contributed by atoms with Gasteiger partial charge in [0.25, 0.3) is 5.91 Å². The highest BCUT2D eigenvalue weighted by Gasteiger charge is 2.16. The van der Waals surface area contributed by atoms with Crippen molar-refractivity contribution < 1.29 is 17.9 Å². The van der Waals surface area contributed by atoms with Crippen LogP contribution in [0.4, 0.5) is 5.69 Å². The minimum Gasteiger partial charge on any atom is -0.495 e. The number of carbonyl (C=O) groups excluding carboxylic acids is 1. The van der Waals surface area contributed by atoms with Gasteiger partial charge in [-0.05, 0) is 36.4 Å². The maximum atomic E-state index is 12.1. The number of benzene rings is 2. The zero-order valence-corrected chi connectivity index (χ0v) is 13.1. The van der Waals surface area contributed by atoms with Crippen molar-refractivity contribution in [2.24, 2.45) is 5.14 Å². The predicted octanol–water partition coefficient (Wildman–Crippen LogP) is 2.25. The van der Waals surface area contributed by atoms with Crippen molar-refractivity contribution in [2.75, 3.05) is 12.4 Å². The molecule has 8 heteroatoms. The zero-order chi connectivity index (χ0) is 16.3. The third-order valence-electron chi connectivity index (χ3n) is 2.83. The Morgan fingerprint density at radius 1 is 1.18 bits per heavy atom. The van der Waals surface area contributed by atoms with E-state index in [4.69, 9.17) is 21.5 Å². The molecule has 2 rings (SSSR count). The van der Waals surface area contributed by atoms with Crippen LogP contribution in [0.2, 0.25) is 5.02 Å². The van der Waals surface area contributed by atoms with Crippen molar-refractivity contribution in [3.63, 3.8) is 0 Å². The molecule has 0 aliphatic heterocycles. The number of nitrogens with one attached hydrogen (secondary N) is 1. The van der Waals surface area contributed by atoms with E-state index in [1.807, 2.05) is 0 Å². The molecule has 0 aromatic heterocycles. The summed E-state index contributed by atoms with van der Waals surface area (Å²) in [5.74, 6) is -0.307. The Balaban J connectivity index is 2.27. The van der Waals surface area contributed by atoms with E-state index in [1.54, 1.807) is 24.3 Å². The first-order valence-corrected chi connectivity index (χ1v) is 8.01. The number of hydrogen-bond donors (Lipinski definition) is 2. The lowest BCUT2D eigenvalue weighted by Crippen LogP contribution is -2.15. The molecule has 0 spiro atoms. The lowest BCUT2D eigenvalue weighted by Gasteiger charge is -2.10. The van der Waals surface area contributed by atoms with Crippen LogP contribution in [0.5, 0.6) is 5.75 Å². The SMILES string of the molecule is COc1cc(NC(=O)c2ccc(Cl)cc2)ccc1S(N)(=O)=O. The highest BCUT2D eigenvalue weighted by molar-refractivity contribution is 7.89. The van der Waals surface area contributed by atoms with Gasteiger partial charge in [-0.1, -0.05) is 11.6 Å². The van der Waals surface area contributed by atoms with Crippen molar-refractivity contribution in [1.29, 1.82) is 0 Å². The molecule has 0 aliphatic rings. The predicted molar refractivity (Wildman–Crippen MR) is 83.8 cm³/mol. The molecule has 2 aromatic carbocycles. The maximum absolute atomic E-state index is 12.1. The Labute approximate surface area is 132 Å². The van der Waals surface area contributed by atoms with Crippen molar-refractivity contribution in [3.8, 4) is 5.75 Å². The molecule has 0 bridgehead atoms. The normalized spacial score (nSPS) is 11.0. The van der Waals surface area contributed by atoms with E-state index >= 15 is 0 Å². The first kappa shape index (κ1) is 16.3. The van der Waals surface area contributed by atoms with Gasteiger partial charge < -0.3 is 10.1 Å². The summed E-state index contributed by atoms with van der Waals surface area (Å²) in [6, 6.07) is 10.4. The zero-order valence-electron chi connectivity index (χ0n) is 11.5. The number of primary sulfonamides is 1. The van der Waals surface area contributed by atoms with Crippen molar-refractivity contribution in [1.82, 2.24) is 0 Å². The summed E-state index contributed by atoms with van der Waals surface area (Å²) in [5, 5.41) is 8.24. The monoisotopic (exact) mass is 340 g/mol. The Morgan fingerprint density at radius 3 is 2.36 bits per heavy atom. The van der Waals surface area contributed by atoms with Gasteiger partial charge in [0.05, 0.1) is 7.11 Å². The molecule has 0 saturated carbocycles. The molecule has 0 atom stereocenters. The molecule has 0 fully saturated rings. The standard InChI is InChI=1S/C14H13ClN2O4S/c1-21-12-8-11(6-7-13(12)22(16,19)20)17-14(18)9-2-4-10(15)5-3-9/h2-8H,1H3,(H,17,18)(H2,16,19,20). The van der Waals surface area contributed by atoms with E-state index in [9.17, 15) is 13.2 Å². The topological polar surface area (TPSA) is 98.5 Å². The second-order valence-electron chi connectivity index (χ2n) is 4.37. The number of methoxy groups -OCH3 is 1. The molecule has 0 aliphatic carbocycles. The van der Waals surface area contributed by atoms with Crippen LogP contribution in [0.15, 0.2) is 47.4 Å². The molecule has 116 valence electrons. The molecule has 3 N–H and O–H groups in total. The van der Waals surface area contributed by atoms with Gasteiger partial charge in [0.1, 0.15) is 10.6 Å². The Bertz CT molecular complexity index is 804. The van der Waals surface area contributed by atoms with Crippen LogP contribution in [0.3, 0.4) is 0 Å². The minimum absolute atomic E-state index is 0.0522. The fourth-order valence-electron chi connectivity index (χ4n) is 1.78. The average molecular weight is 341 g/mol. The molecule has 0 unspecified atom stereocenters. The summed E-state index contributed by atoms with van der Waals surface area (Å²) in [4.78, 5) is 11.9. The summed E-state index contributed by atoms with van der Waals surface area (Å²) in [6.45, 7) is 0. The maximum Gasteiger partial charge on any atom is 0.255 e. The van der Waals surface area contributed by atoms with Crippen LogP contribution in [0.1, 0.15) is 10.4 Å². The second-order valence-corrected chi connectivity index (χ2v) is 6.34. The fourth-order valence-corrected chi connectivity index (χ4v) is 2.59. The summed E-state index contributed by atoms with van der Waals surface area (Å²) in [7, 11) is -2.59. The van der Waals surface area contributed by atoms with E-state index in [0.717, 1.165) is 0 Å². The van der Waals surface area contributed by atoms with Crippen molar-refractivity contribution in [3.05, 3.63) is 53.1 Å². The van der Waals surface area contributed by atoms with Gasteiger partial charge in [-0.25, -0.2) is 13.6 Å². The van der Waals surface area contributed by atoms with Crippen molar-refractivity contribution in [2.45, 2.75) is 4.90 Å². The van der Waals surface area contributed by atoms with Gasteiger partial charge in [0.2, 0.25) is 10.0 Å². The van der Waals surface area contributed by atoms with E-state index in [-0.39, 0.29) is 16.6 Å². The largest absolute Gasteiger partial charge is 0.495 e. The molecule has 22 heavy (non-hydrogen) atoms. The summed E-state index contributed by atoms with van der Waals surface area (Å²) >= 11 is 5.76. The van der Waals surface area contributed by atoms with Gasteiger partial charge in [-0.15, -0.1) is 0 Å². The second kappa shape index (κ2) is 6.35. The van der Waals surface area contributed by atoms with Crippen LogP contribution in [-0.2, 0) is 10.0 Å². The quantitative estimate of drug-likeness (QED) is 0.891. The van der Waals surface area contributed by atoms with Crippen LogP contribution in [0.25, 0.3) is 0 Å². The molecule has 0 heterocycles. The van der Waals surface area contributed by atoms with Gasteiger partial charge in [0.15, 0.2) is 0 Å². The number of anilines is 1. The van der Waals surface area contributed by atoms with E-state index < -0.39 is 10.0 Å². The van der Waals surface area contributed by atoms with Gasteiger partial charge in [0, 0.05) is 22.3 Å². The summed E-state index contributed by atoms with van der Waals surface area (Å²) in [6.07, 6.45) is 0. The molecular formula is C14H13ClN2O4S. The number of rotatable bonds is 4. The molecule has 0 saturated heterocycles. The highest BCUT2D eigenvalue weighted by Crippen LogP contribution is 2.26. The lowest BCUT2D eigenvalue weighted by molar-refractivity contribution is 0.102. The first-order chi connectivity index (χ1) is 10.3. The smallest absolute Gasteiger partial charge is 0.255 e. The number of halogens is 1. The van der Waals surface area contributed by atoms with E-state index in [1.165, 1.54) is 25.3 Å². The molecular weight excluding hydrogens is 328 g/mol. The molecule has 2 aromatic rings. The molecule has 6 nitrogen and oxygen atoms in total. The summed E-state index contributed by atoms with van der Waals surface area (Å²) < 4.78 is 27.8. The number of hydrogen-bond acceptors (Lipinski definition) is 4.